The van der Waals surface area contributed by atoms with Crippen molar-refractivity contribution in [2.75, 3.05) is 43.2 Å². The van der Waals surface area contributed by atoms with Crippen LogP contribution in [0.15, 0.2) is 18.2 Å². The summed E-state index contributed by atoms with van der Waals surface area (Å²) in [6.45, 7) is 5.54. The molecule has 1 aromatic rings. The Morgan fingerprint density at radius 1 is 1.52 bits per heavy atom. The van der Waals surface area contributed by atoms with Crippen LogP contribution in [0.1, 0.15) is 18.1 Å². The van der Waals surface area contributed by atoms with Crippen molar-refractivity contribution in [1.82, 2.24) is 5.32 Å². The molecule has 0 aliphatic carbocycles. The number of nitriles is 1. The zero-order chi connectivity index (χ0) is 15.1. The van der Waals surface area contributed by atoms with Gasteiger partial charge in [-0.15, -0.1) is 0 Å². The van der Waals surface area contributed by atoms with Crippen LogP contribution in [0.25, 0.3) is 0 Å². The average Bonchev–Trinajstić information content (AvgIpc) is 2.52. The predicted octanol–water partition coefficient (Wildman–Crippen LogP) is 2.24. The third-order valence-corrected chi connectivity index (χ3v) is 4.86. The van der Waals surface area contributed by atoms with Gasteiger partial charge in [-0.25, -0.2) is 0 Å². The lowest BCUT2D eigenvalue weighted by Gasteiger charge is -2.35. The van der Waals surface area contributed by atoms with Crippen molar-refractivity contribution in [3.63, 3.8) is 0 Å². The number of nitrogens with one attached hydrogen (secondary N) is 1. The largest absolute Gasteiger partial charge is 0.383 e. The van der Waals surface area contributed by atoms with Gasteiger partial charge in [0.05, 0.1) is 17.9 Å². The fourth-order valence-corrected chi connectivity index (χ4v) is 3.54. The number of rotatable bonds is 6. The van der Waals surface area contributed by atoms with Gasteiger partial charge in [0.15, 0.2) is 0 Å². The summed E-state index contributed by atoms with van der Waals surface area (Å²) in [7, 11) is 1.70. The summed E-state index contributed by atoms with van der Waals surface area (Å²) in [6.07, 6.45) is 0. The first-order valence-corrected chi connectivity index (χ1v) is 8.48. The molecule has 1 heterocycles. The molecule has 0 radical (unpaired) electrons. The van der Waals surface area contributed by atoms with Crippen molar-refractivity contribution in [1.29, 1.82) is 5.26 Å². The van der Waals surface area contributed by atoms with Crippen LogP contribution >= 0.6 is 11.8 Å². The number of benzene rings is 1. The Balaban J connectivity index is 2.07. The fourth-order valence-electron chi connectivity index (χ4n) is 2.53. The van der Waals surface area contributed by atoms with Crippen LogP contribution in [-0.2, 0) is 11.3 Å². The first kappa shape index (κ1) is 16.2. The zero-order valence-electron chi connectivity index (χ0n) is 12.8. The number of anilines is 1. The van der Waals surface area contributed by atoms with E-state index >= 15 is 0 Å². The quantitative estimate of drug-likeness (QED) is 0.817. The summed E-state index contributed by atoms with van der Waals surface area (Å²) in [5.41, 5.74) is 3.00. The topological polar surface area (TPSA) is 48.3 Å². The molecule has 1 fully saturated rings. The highest BCUT2D eigenvalue weighted by molar-refractivity contribution is 7.99. The molecule has 21 heavy (non-hydrogen) atoms. The molecule has 114 valence electrons. The standard InChI is InChI=1S/C16H23N3OS/c1-13-12-21-8-6-19(13)16-4-3-14(9-15(16)10-17)11-18-5-7-20-2/h3-4,9,13,18H,5-8,11-12H2,1-2H3. The second-order valence-corrected chi connectivity index (χ2v) is 6.40. The van der Waals surface area contributed by atoms with Gasteiger partial charge >= 0.3 is 0 Å². The molecule has 0 spiro atoms. The van der Waals surface area contributed by atoms with E-state index in [0.29, 0.717) is 12.6 Å². The number of thioether (sulfide) groups is 1. The van der Waals surface area contributed by atoms with Gasteiger partial charge in [-0.05, 0) is 24.6 Å². The Morgan fingerprint density at radius 3 is 3.10 bits per heavy atom. The number of ether oxygens (including phenoxy) is 1. The molecule has 0 amide bonds. The van der Waals surface area contributed by atoms with Crippen molar-refractivity contribution in [2.45, 2.75) is 19.5 Å². The second kappa shape index (κ2) is 8.28. The fraction of sp³-hybridized carbons (Fsp3) is 0.562. The molecular formula is C16H23N3OS. The van der Waals surface area contributed by atoms with E-state index in [4.69, 9.17) is 4.74 Å². The number of hydrogen-bond donors (Lipinski definition) is 1. The number of methoxy groups -OCH3 is 1. The van der Waals surface area contributed by atoms with Crippen LogP contribution in [0.2, 0.25) is 0 Å². The van der Waals surface area contributed by atoms with E-state index in [2.05, 4.69) is 35.3 Å². The summed E-state index contributed by atoms with van der Waals surface area (Å²) >= 11 is 1.99. The SMILES string of the molecule is COCCNCc1ccc(N2CCSCC2C)c(C#N)c1. The summed E-state index contributed by atoms with van der Waals surface area (Å²) < 4.78 is 5.01. The van der Waals surface area contributed by atoms with Crippen molar-refractivity contribution < 1.29 is 4.74 Å². The van der Waals surface area contributed by atoms with Crippen molar-refractivity contribution in [3.8, 4) is 6.07 Å². The highest BCUT2D eigenvalue weighted by Gasteiger charge is 2.21. The molecule has 2 rings (SSSR count). The Kier molecular flexibility index (Phi) is 6.37. The number of hydrogen-bond acceptors (Lipinski definition) is 5. The van der Waals surface area contributed by atoms with E-state index in [1.54, 1.807) is 7.11 Å². The van der Waals surface area contributed by atoms with Gasteiger partial charge in [0.25, 0.3) is 0 Å². The maximum absolute atomic E-state index is 9.45. The smallest absolute Gasteiger partial charge is 0.101 e. The van der Waals surface area contributed by atoms with Gasteiger partial charge in [-0.3, -0.25) is 0 Å². The van der Waals surface area contributed by atoms with E-state index in [0.717, 1.165) is 48.0 Å². The lowest BCUT2D eigenvalue weighted by molar-refractivity contribution is 0.199. The Hall–Kier alpha value is -1.22. The summed E-state index contributed by atoms with van der Waals surface area (Å²) in [6, 6.07) is 9.06. The van der Waals surface area contributed by atoms with E-state index in [9.17, 15) is 5.26 Å². The van der Waals surface area contributed by atoms with Crippen molar-refractivity contribution >= 4 is 17.4 Å². The Bertz CT molecular complexity index is 501. The molecule has 1 aromatic carbocycles. The van der Waals surface area contributed by atoms with Crippen LogP contribution in [0, 0.1) is 11.3 Å². The molecule has 1 atom stereocenters. The summed E-state index contributed by atoms with van der Waals surface area (Å²) in [5, 5.41) is 12.8. The highest BCUT2D eigenvalue weighted by atomic mass is 32.2. The molecule has 5 heteroatoms. The van der Waals surface area contributed by atoms with Crippen LogP contribution in [0.4, 0.5) is 5.69 Å². The van der Waals surface area contributed by atoms with E-state index < -0.39 is 0 Å². The third kappa shape index (κ3) is 4.37. The van der Waals surface area contributed by atoms with Crippen LogP contribution in [-0.4, -0.2) is 44.4 Å². The van der Waals surface area contributed by atoms with Gasteiger partial charge in [0.2, 0.25) is 0 Å². The lowest BCUT2D eigenvalue weighted by Crippen LogP contribution is -2.40. The molecule has 1 aliphatic heterocycles. The Labute approximate surface area is 131 Å². The molecule has 1 N–H and O–H groups in total. The van der Waals surface area contributed by atoms with Crippen LogP contribution in [0.5, 0.6) is 0 Å². The molecule has 4 nitrogen and oxygen atoms in total. The molecular weight excluding hydrogens is 282 g/mol. The van der Waals surface area contributed by atoms with Crippen molar-refractivity contribution in [2.24, 2.45) is 0 Å². The van der Waals surface area contributed by atoms with Crippen LogP contribution in [0.3, 0.4) is 0 Å². The first-order valence-electron chi connectivity index (χ1n) is 7.33. The van der Waals surface area contributed by atoms with Gasteiger partial charge in [-0.2, -0.15) is 17.0 Å². The summed E-state index contributed by atoms with van der Waals surface area (Å²) in [5.74, 6) is 2.26. The molecule has 1 aliphatic rings. The minimum absolute atomic E-state index is 0.488. The van der Waals surface area contributed by atoms with Gasteiger partial charge in [-0.1, -0.05) is 6.07 Å². The van der Waals surface area contributed by atoms with E-state index in [-0.39, 0.29) is 0 Å². The number of nitrogens with zero attached hydrogens (tertiary/aromatic N) is 2. The monoisotopic (exact) mass is 305 g/mol. The normalized spacial score (nSPS) is 18.5. The molecule has 0 saturated carbocycles. The van der Waals surface area contributed by atoms with E-state index in [1.807, 2.05) is 17.8 Å². The Morgan fingerprint density at radius 2 is 2.38 bits per heavy atom. The molecule has 0 aromatic heterocycles. The molecule has 1 unspecified atom stereocenters. The molecule has 0 bridgehead atoms. The zero-order valence-corrected chi connectivity index (χ0v) is 13.6. The summed E-state index contributed by atoms with van der Waals surface area (Å²) in [4.78, 5) is 2.36. The van der Waals surface area contributed by atoms with Crippen LogP contribution < -0.4 is 10.2 Å². The van der Waals surface area contributed by atoms with E-state index in [1.165, 1.54) is 0 Å². The average molecular weight is 305 g/mol. The molecule has 1 saturated heterocycles. The highest BCUT2D eigenvalue weighted by Crippen LogP contribution is 2.27. The second-order valence-electron chi connectivity index (χ2n) is 5.25. The third-order valence-electron chi connectivity index (χ3n) is 3.67. The minimum atomic E-state index is 0.488. The maximum atomic E-state index is 9.45. The van der Waals surface area contributed by atoms with Gasteiger partial charge in [0, 0.05) is 44.3 Å². The maximum Gasteiger partial charge on any atom is 0.101 e. The minimum Gasteiger partial charge on any atom is -0.383 e. The predicted molar refractivity (Wildman–Crippen MR) is 88.9 cm³/mol. The first-order chi connectivity index (χ1) is 10.3. The lowest BCUT2D eigenvalue weighted by atomic mass is 10.1. The van der Waals surface area contributed by atoms with Gasteiger partial charge < -0.3 is 15.0 Å². The van der Waals surface area contributed by atoms with Gasteiger partial charge in [0.1, 0.15) is 6.07 Å². The van der Waals surface area contributed by atoms with Crippen molar-refractivity contribution in [3.05, 3.63) is 29.3 Å².